The Labute approximate surface area is 139 Å². The summed E-state index contributed by atoms with van der Waals surface area (Å²) in [6.07, 6.45) is 1.57. The van der Waals surface area contributed by atoms with E-state index in [1.807, 2.05) is 0 Å². The molecule has 0 amide bonds. The molecular formula is C16H17FN2O4S. The van der Waals surface area contributed by atoms with Crippen LogP contribution in [-0.2, 0) is 16.3 Å². The van der Waals surface area contributed by atoms with E-state index in [4.69, 9.17) is 0 Å². The van der Waals surface area contributed by atoms with Gasteiger partial charge in [0.25, 0.3) is 5.69 Å². The predicted molar refractivity (Wildman–Crippen MR) is 89.6 cm³/mol. The van der Waals surface area contributed by atoms with Crippen LogP contribution in [0.3, 0.4) is 0 Å². The Morgan fingerprint density at radius 3 is 2.33 bits per heavy atom. The van der Waals surface area contributed by atoms with E-state index in [1.165, 1.54) is 30.3 Å². The molecule has 8 heteroatoms. The van der Waals surface area contributed by atoms with Crippen LogP contribution in [-0.4, -0.2) is 33.2 Å². The monoisotopic (exact) mass is 352 g/mol. The molecule has 0 unspecified atom stereocenters. The summed E-state index contributed by atoms with van der Waals surface area (Å²) in [6.45, 7) is 0.548. The highest BCUT2D eigenvalue weighted by atomic mass is 32.2. The molecule has 0 saturated heterocycles. The molecule has 2 aromatic carbocycles. The van der Waals surface area contributed by atoms with Crippen molar-refractivity contribution in [1.82, 2.24) is 0 Å². The van der Waals surface area contributed by atoms with Crippen LogP contribution in [0, 0.1) is 15.9 Å². The van der Waals surface area contributed by atoms with E-state index in [0.717, 1.165) is 11.8 Å². The Bertz CT molecular complexity index is 851. The minimum atomic E-state index is -3.72. The van der Waals surface area contributed by atoms with E-state index >= 15 is 0 Å². The lowest BCUT2D eigenvalue weighted by molar-refractivity contribution is -0.387. The third-order valence-electron chi connectivity index (χ3n) is 3.63. The van der Waals surface area contributed by atoms with Crippen LogP contribution in [0.25, 0.3) is 0 Å². The van der Waals surface area contributed by atoms with Crippen molar-refractivity contribution in [3.05, 3.63) is 64.0 Å². The van der Waals surface area contributed by atoms with E-state index in [0.29, 0.717) is 18.7 Å². The molecule has 0 atom stereocenters. The van der Waals surface area contributed by atoms with Gasteiger partial charge in [-0.3, -0.25) is 10.1 Å². The van der Waals surface area contributed by atoms with Crippen LogP contribution < -0.4 is 4.90 Å². The molecule has 6 nitrogen and oxygen atoms in total. The average molecular weight is 352 g/mol. The lowest BCUT2D eigenvalue weighted by Gasteiger charge is -2.20. The van der Waals surface area contributed by atoms with Gasteiger partial charge in [0.05, 0.1) is 4.92 Å². The number of anilines is 1. The van der Waals surface area contributed by atoms with Crippen LogP contribution in [0.4, 0.5) is 15.8 Å². The summed E-state index contributed by atoms with van der Waals surface area (Å²) in [5.41, 5.74) is 1.06. The second kappa shape index (κ2) is 6.96. The molecule has 0 spiro atoms. The summed E-state index contributed by atoms with van der Waals surface area (Å²) in [5.74, 6) is -0.305. The fourth-order valence-electron chi connectivity index (χ4n) is 2.27. The van der Waals surface area contributed by atoms with Gasteiger partial charge in [-0.2, -0.15) is 0 Å². The molecule has 0 aliphatic rings. The number of benzene rings is 2. The number of rotatable bonds is 6. The quantitative estimate of drug-likeness (QED) is 0.590. The highest BCUT2D eigenvalue weighted by Gasteiger charge is 2.23. The molecule has 0 heterocycles. The Kier molecular flexibility index (Phi) is 5.18. The van der Waals surface area contributed by atoms with Gasteiger partial charge < -0.3 is 4.90 Å². The first kappa shape index (κ1) is 17.9. The van der Waals surface area contributed by atoms with E-state index < -0.39 is 20.4 Å². The first-order valence-electron chi connectivity index (χ1n) is 7.12. The third kappa shape index (κ3) is 4.29. The summed E-state index contributed by atoms with van der Waals surface area (Å²) >= 11 is 0. The van der Waals surface area contributed by atoms with Gasteiger partial charge in [-0.05, 0) is 36.2 Å². The Hall–Kier alpha value is -2.48. The smallest absolute Gasteiger partial charge is 0.288 e. The van der Waals surface area contributed by atoms with Gasteiger partial charge in [0.2, 0.25) is 0 Å². The molecule has 2 aromatic rings. The van der Waals surface area contributed by atoms with Gasteiger partial charge in [-0.15, -0.1) is 0 Å². The molecule has 0 aliphatic heterocycles. The Morgan fingerprint density at radius 1 is 1.17 bits per heavy atom. The molecule has 128 valence electrons. The van der Waals surface area contributed by atoms with Crippen molar-refractivity contribution in [3.8, 4) is 0 Å². The molecule has 0 saturated carbocycles. The van der Waals surface area contributed by atoms with Crippen molar-refractivity contribution >= 4 is 21.2 Å². The molecule has 0 bridgehead atoms. The molecule has 0 radical (unpaired) electrons. The lowest BCUT2D eigenvalue weighted by Crippen LogP contribution is -2.20. The highest BCUT2D eigenvalue weighted by molar-refractivity contribution is 7.90. The van der Waals surface area contributed by atoms with E-state index in [2.05, 4.69) is 0 Å². The fraction of sp³-hybridized carbons (Fsp3) is 0.250. The number of hydrogen-bond donors (Lipinski definition) is 0. The highest BCUT2D eigenvalue weighted by Crippen LogP contribution is 2.28. The van der Waals surface area contributed by atoms with Crippen molar-refractivity contribution in [1.29, 1.82) is 0 Å². The second-order valence-electron chi connectivity index (χ2n) is 5.48. The number of sulfone groups is 1. The Morgan fingerprint density at radius 2 is 1.79 bits per heavy atom. The molecule has 0 aliphatic carbocycles. The maximum absolute atomic E-state index is 12.9. The molecule has 0 fully saturated rings. The minimum Gasteiger partial charge on any atom is -0.374 e. The normalized spacial score (nSPS) is 11.3. The average Bonchev–Trinajstić information content (AvgIpc) is 2.52. The number of nitrogens with zero attached hydrogens (tertiary/aromatic N) is 2. The number of halogens is 1. The second-order valence-corrected chi connectivity index (χ2v) is 7.46. The molecular weight excluding hydrogens is 335 g/mol. The zero-order valence-electron chi connectivity index (χ0n) is 13.3. The van der Waals surface area contributed by atoms with Crippen LogP contribution in [0.1, 0.15) is 5.56 Å². The zero-order chi connectivity index (χ0) is 17.9. The number of likely N-dealkylation sites (N-methyl/N-ethyl adjacent to an activating group) is 1. The molecule has 24 heavy (non-hydrogen) atoms. The molecule has 0 aromatic heterocycles. The van der Waals surface area contributed by atoms with Gasteiger partial charge in [0.1, 0.15) is 10.7 Å². The predicted octanol–water partition coefficient (Wildman–Crippen LogP) is 2.82. The standard InChI is InChI=1S/C16H17FN2O4S/c1-18(10-9-12-3-5-13(17)6-4-12)14-7-8-15(19(20)21)16(11-14)24(2,22)23/h3-8,11H,9-10H2,1-2H3. The van der Waals surface area contributed by atoms with Crippen LogP contribution in [0.15, 0.2) is 47.4 Å². The maximum atomic E-state index is 12.9. The third-order valence-corrected chi connectivity index (χ3v) is 4.76. The van der Waals surface area contributed by atoms with Crippen LogP contribution >= 0.6 is 0 Å². The van der Waals surface area contributed by atoms with Gasteiger partial charge >= 0.3 is 0 Å². The van der Waals surface area contributed by atoms with Gasteiger partial charge in [-0.25, -0.2) is 12.8 Å². The fourth-order valence-corrected chi connectivity index (χ4v) is 3.12. The van der Waals surface area contributed by atoms with E-state index in [1.54, 1.807) is 24.1 Å². The first-order chi connectivity index (χ1) is 11.2. The lowest BCUT2D eigenvalue weighted by atomic mass is 10.1. The number of hydrogen-bond acceptors (Lipinski definition) is 5. The summed E-state index contributed by atoms with van der Waals surface area (Å²) < 4.78 is 36.5. The van der Waals surface area contributed by atoms with Gasteiger partial charge in [0, 0.05) is 31.6 Å². The van der Waals surface area contributed by atoms with E-state index in [-0.39, 0.29) is 10.7 Å². The summed E-state index contributed by atoms with van der Waals surface area (Å²) in [5, 5.41) is 11.0. The maximum Gasteiger partial charge on any atom is 0.288 e. The summed E-state index contributed by atoms with van der Waals surface area (Å²) in [7, 11) is -1.96. The van der Waals surface area contributed by atoms with Gasteiger partial charge in [-0.1, -0.05) is 12.1 Å². The Balaban J connectivity index is 2.21. The topological polar surface area (TPSA) is 80.5 Å². The van der Waals surface area contributed by atoms with Crippen molar-refractivity contribution in [2.75, 3.05) is 24.7 Å². The minimum absolute atomic E-state index is 0.305. The first-order valence-corrected chi connectivity index (χ1v) is 9.01. The van der Waals surface area contributed by atoms with Crippen LogP contribution in [0.5, 0.6) is 0 Å². The SMILES string of the molecule is CN(CCc1ccc(F)cc1)c1ccc([N+](=O)[O-])c(S(C)(=O)=O)c1. The zero-order valence-corrected chi connectivity index (χ0v) is 14.1. The molecule has 2 rings (SSSR count). The molecule has 0 N–H and O–H groups in total. The summed E-state index contributed by atoms with van der Waals surface area (Å²) in [6, 6.07) is 10.1. The van der Waals surface area contributed by atoms with Crippen molar-refractivity contribution < 1.29 is 17.7 Å². The van der Waals surface area contributed by atoms with Crippen molar-refractivity contribution in [2.24, 2.45) is 0 Å². The van der Waals surface area contributed by atoms with E-state index in [9.17, 15) is 22.9 Å². The number of nitro groups is 1. The van der Waals surface area contributed by atoms with Crippen LogP contribution in [0.2, 0.25) is 0 Å². The largest absolute Gasteiger partial charge is 0.374 e. The number of nitro benzene ring substituents is 1. The van der Waals surface area contributed by atoms with Crippen molar-refractivity contribution in [3.63, 3.8) is 0 Å². The summed E-state index contributed by atoms with van der Waals surface area (Å²) in [4.78, 5) is 11.8. The van der Waals surface area contributed by atoms with Gasteiger partial charge in [0.15, 0.2) is 9.84 Å². The van der Waals surface area contributed by atoms with Crippen molar-refractivity contribution in [2.45, 2.75) is 11.3 Å².